The van der Waals surface area contributed by atoms with E-state index in [-0.39, 0.29) is 18.0 Å². The van der Waals surface area contributed by atoms with Crippen LogP contribution in [0.1, 0.15) is 37.7 Å². The number of aryl methyl sites for hydroxylation is 1. The van der Waals surface area contributed by atoms with Crippen LogP contribution in [0.5, 0.6) is 5.75 Å². The number of fused-ring (bicyclic) bond motifs is 2. The van der Waals surface area contributed by atoms with Crippen LogP contribution in [0.2, 0.25) is 0 Å². The zero-order valence-corrected chi connectivity index (χ0v) is 17.5. The van der Waals surface area contributed by atoms with Crippen LogP contribution >= 0.6 is 0 Å². The molecule has 2 unspecified atom stereocenters. The molecule has 2 aromatic rings. The third-order valence-corrected chi connectivity index (χ3v) is 8.47. The standard InChI is InChI=1S/C23H27NO4S/c1-28-20-12-7-17(8-13-20)9-14-23(25)24-18-10-11-19(24)16-22(15-18)29(26,27)21-5-3-2-4-6-21/h2-8,12-13,18-19,22H,9-11,14-16H2,1H3. The number of hydrogen-bond acceptors (Lipinski definition) is 4. The van der Waals surface area contributed by atoms with Crippen molar-refractivity contribution < 1.29 is 17.9 Å². The van der Waals surface area contributed by atoms with Crippen LogP contribution in [-0.4, -0.2) is 43.7 Å². The second-order valence-corrected chi connectivity index (χ2v) is 10.2. The summed E-state index contributed by atoms with van der Waals surface area (Å²) in [6.07, 6.45) is 4.03. The van der Waals surface area contributed by atoms with E-state index in [2.05, 4.69) is 0 Å². The van der Waals surface area contributed by atoms with Crippen molar-refractivity contribution in [2.75, 3.05) is 7.11 Å². The quantitative estimate of drug-likeness (QED) is 0.726. The molecule has 6 heteroatoms. The topological polar surface area (TPSA) is 63.7 Å². The fraction of sp³-hybridized carbons (Fsp3) is 0.435. The van der Waals surface area contributed by atoms with E-state index < -0.39 is 15.1 Å². The Morgan fingerprint density at radius 3 is 2.21 bits per heavy atom. The maximum absolute atomic E-state index is 13.0. The van der Waals surface area contributed by atoms with Gasteiger partial charge in [-0.25, -0.2) is 8.42 Å². The Hall–Kier alpha value is -2.34. The van der Waals surface area contributed by atoms with Crippen molar-refractivity contribution in [3.05, 3.63) is 60.2 Å². The van der Waals surface area contributed by atoms with Gasteiger partial charge >= 0.3 is 0 Å². The summed E-state index contributed by atoms with van der Waals surface area (Å²) in [5, 5.41) is -0.395. The SMILES string of the molecule is COc1ccc(CCC(=O)N2C3CCC2CC(S(=O)(=O)c2ccccc2)C3)cc1. The minimum atomic E-state index is -3.35. The molecule has 0 spiro atoms. The molecule has 2 aliphatic rings. The van der Waals surface area contributed by atoms with Crippen molar-refractivity contribution >= 4 is 15.7 Å². The highest BCUT2D eigenvalue weighted by Crippen LogP contribution is 2.40. The summed E-state index contributed by atoms with van der Waals surface area (Å²) in [4.78, 5) is 15.3. The average molecular weight is 414 g/mol. The van der Waals surface area contributed by atoms with Gasteiger partial charge in [0.05, 0.1) is 17.3 Å². The van der Waals surface area contributed by atoms with Crippen LogP contribution < -0.4 is 4.74 Å². The highest BCUT2D eigenvalue weighted by molar-refractivity contribution is 7.92. The fourth-order valence-electron chi connectivity index (χ4n) is 4.76. The lowest BCUT2D eigenvalue weighted by molar-refractivity contribution is -0.135. The molecule has 1 amide bonds. The first kappa shape index (κ1) is 20.0. The molecule has 154 valence electrons. The zero-order valence-electron chi connectivity index (χ0n) is 16.7. The number of methoxy groups -OCH3 is 1. The van der Waals surface area contributed by atoms with Gasteiger partial charge in [0.25, 0.3) is 0 Å². The number of carbonyl (C=O) groups is 1. The number of sulfone groups is 1. The normalized spacial score (nSPS) is 23.8. The van der Waals surface area contributed by atoms with Crippen LogP contribution in [0.25, 0.3) is 0 Å². The Balaban J connectivity index is 1.40. The molecule has 0 aromatic heterocycles. The van der Waals surface area contributed by atoms with Crippen molar-refractivity contribution in [1.82, 2.24) is 4.90 Å². The van der Waals surface area contributed by atoms with Crippen LogP contribution in [-0.2, 0) is 21.1 Å². The number of amides is 1. The van der Waals surface area contributed by atoms with Crippen LogP contribution in [0.3, 0.4) is 0 Å². The lowest BCUT2D eigenvalue weighted by Crippen LogP contribution is -2.49. The first-order chi connectivity index (χ1) is 14.0. The Kier molecular flexibility index (Phi) is 5.63. The molecule has 0 radical (unpaired) electrons. The maximum Gasteiger partial charge on any atom is 0.223 e. The summed E-state index contributed by atoms with van der Waals surface area (Å²) in [6.45, 7) is 0. The van der Waals surface area contributed by atoms with Crippen molar-refractivity contribution in [2.24, 2.45) is 0 Å². The summed E-state index contributed by atoms with van der Waals surface area (Å²) in [5.41, 5.74) is 1.10. The number of piperidine rings is 1. The zero-order chi connectivity index (χ0) is 20.4. The molecule has 2 aliphatic heterocycles. The maximum atomic E-state index is 13.0. The van der Waals surface area contributed by atoms with Crippen LogP contribution in [0, 0.1) is 0 Å². The molecule has 0 N–H and O–H groups in total. The lowest BCUT2D eigenvalue weighted by atomic mass is 10.0. The van der Waals surface area contributed by atoms with E-state index in [0.717, 1.165) is 24.2 Å². The summed E-state index contributed by atoms with van der Waals surface area (Å²) < 4.78 is 31.2. The number of rotatable bonds is 6. The summed E-state index contributed by atoms with van der Waals surface area (Å²) >= 11 is 0. The molecule has 2 atom stereocenters. The molecule has 0 saturated carbocycles. The van der Waals surface area contributed by atoms with Gasteiger partial charge in [0.2, 0.25) is 5.91 Å². The summed E-state index contributed by atoms with van der Waals surface area (Å²) in [7, 11) is -1.71. The lowest BCUT2D eigenvalue weighted by Gasteiger charge is -2.38. The van der Waals surface area contributed by atoms with E-state index in [4.69, 9.17) is 4.74 Å². The Labute approximate surface area is 172 Å². The first-order valence-corrected chi connectivity index (χ1v) is 11.8. The van der Waals surface area contributed by atoms with Gasteiger partial charge < -0.3 is 9.64 Å². The monoisotopic (exact) mass is 413 g/mol. The van der Waals surface area contributed by atoms with E-state index in [1.165, 1.54) is 0 Å². The average Bonchev–Trinajstić information content (AvgIpc) is 3.02. The van der Waals surface area contributed by atoms with Gasteiger partial charge in [0.1, 0.15) is 5.75 Å². The van der Waals surface area contributed by atoms with Crippen molar-refractivity contribution in [2.45, 2.75) is 60.8 Å². The molecule has 2 heterocycles. The number of hydrogen-bond donors (Lipinski definition) is 0. The largest absolute Gasteiger partial charge is 0.497 e. The van der Waals surface area contributed by atoms with Crippen molar-refractivity contribution in [3.8, 4) is 5.75 Å². The Morgan fingerprint density at radius 1 is 1.00 bits per heavy atom. The second-order valence-electron chi connectivity index (χ2n) is 7.99. The molecule has 2 fully saturated rings. The number of carbonyl (C=O) groups excluding carboxylic acids is 1. The van der Waals surface area contributed by atoms with Gasteiger partial charge in [-0.3, -0.25) is 4.79 Å². The summed E-state index contributed by atoms with van der Waals surface area (Å²) in [5.74, 6) is 0.948. The van der Waals surface area contributed by atoms with E-state index >= 15 is 0 Å². The molecular formula is C23H27NO4S. The fourth-order valence-corrected chi connectivity index (χ4v) is 6.64. The van der Waals surface area contributed by atoms with E-state index in [0.29, 0.717) is 30.6 Å². The van der Waals surface area contributed by atoms with E-state index in [9.17, 15) is 13.2 Å². The highest BCUT2D eigenvalue weighted by Gasteiger charge is 2.46. The van der Waals surface area contributed by atoms with Gasteiger partial charge in [0, 0.05) is 18.5 Å². The summed E-state index contributed by atoms with van der Waals surface area (Å²) in [6, 6.07) is 16.6. The van der Waals surface area contributed by atoms with E-state index in [1.807, 2.05) is 35.2 Å². The number of ether oxygens (including phenoxy) is 1. The Bertz CT molecular complexity index is 942. The molecule has 0 aliphatic carbocycles. The van der Waals surface area contributed by atoms with Gasteiger partial charge in [-0.15, -0.1) is 0 Å². The van der Waals surface area contributed by atoms with Crippen molar-refractivity contribution in [3.63, 3.8) is 0 Å². The van der Waals surface area contributed by atoms with Gasteiger partial charge in [-0.2, -0.15) is 0 Å². The van der Waals surface area contributed by atoms with Crippen molar-refractivity contribution in [1.29, 1.82) is 0 Å². The van der Waals surface area contributed by atoms with Gasteiger partial charge in [0.15, 0.2) is 9.84 Å². The number of benzene rings is 2. The van der Waals surface area contributed by atoms with Crippen LogP contribution in [0.15, 0.2) is 59.5 Å². The molecule has 4 rings (SSSR count). The molecule has 2 bridgehead atoms. The predicted molar refractivity (Wildman–Crippen MR) is 112 cm³/mol. The second kappa shape index (κ2) is 8.19. The van der Waals surface area contributed by atoms with Gasteiger partial charge in [-0.05, 0) is 61.9 Å². The Morgan fingerprint density at radius 2 is 1.62 bits per heavy atom. The predicted octanol–water partition coefficient (Wildman–Crippen LogP) is 3.62. The third-order valence-electron chi connectivity index (χ3n) is 6.27. The molecule has 5 nitrogen and oxygen atoms in total. The van der Waals surface area contributed by atoms with Gasteiger partial charge in [-0.1, -0.05) is 30.3 Å². The number of nitrogens with zero attached hydrogens (tertiary/aromatic N) is 1. The minimum absolute atomic E-state index is 0.0422. The highest BCUT2D eigenvalue weighted by atomic mass is 32.2. The third kappa shape index (κ3) is 4.04. The molecular weight excluding hydrogens is 386 g/mol. The van der Waals surface area contributed by atoms with E-state index in [1.54, 1.807) is 31.4 Å². The van der Waals surface area contributed by atoms with Crippen LogP contribution in [0.4, 0.5) is 0 Å². The molecule has 2 aromatic carbocycles. The molecule has 29 heavy (non-hydrogen) atoms. The smallest absolute Gasteiger partial charge is 0.223 e. The minimum Gasteiger partial charge on any atom is -0.497 e. The first-order valence-electron chi connectivity index (χ1n) is 10.2. The molecule has 2 saturated heterocycles.